The SMILES string of the molecule is COC(=O)C(C(=O)OC)[C@@H]1CC(=O)[C@H]2CC[C@H]3OC(=O)[C@@H]([C@H]1O[Si](C)(C)C(C)(C)C)[C@@]23C(=O)OC. The molecule has 0 radical (unpaired) electrons. The summed E-state index contributed by atoms with van der Waals surface area (Å²) in [6.45, 7) is 9.91. The Morgan fingerprint density at radius 2 is 1.57 bits per heavy atom. The molecule has 0 spiro atoms. The van der Waals surface area contributed by atoms with Crippen LogP contribution in [0.2, 0.25) is 18.1 Å². The molecular formula is C24H36O10Si. The zero-order valence-electron chi connectivity index (χ0n) is 21.7. The van der Waals surface area contributed by atoms with Crippen LogP contribution in [0, 0.1) is 29.1 Å². The first-order chi connectivity index (χ1) is 16.2. The number of ketones is 1. The summed E-state index contributed by atoms with van der Waals surface area (Å²) in [7, 11) is 0.786. The fourth-order valence-electron chi connectivity index (χ4n) is 5.83. The summed E-state index contributed by atoms with van der Waals surface area (Å²) < 4.78 is 27.4. The lowest BCUT2D eigenvalue weighted by molar-refractivity contribution is -0.168. The topological polar surface area (TPSA) is 132 Å². The standard InChI is InChI=1S/C24H36O10Si/c1-23(2,3)35(7,8)34-18-12(16(19(26)30-4)20(27)31-5)11-14(25)13-9-10-15-24(13,22(29)32-6)17(18)21(28)33-15/h12-13,15-18H,9-11H2,1-8H3/t12-,13+,15+,17+,18-,24+/m0/s1. The molecule has 196 valence electrons. The Kier molecular flexibility index (Phi) is 7.27. The summed E-state index contributed by atoms with van der Waals surface area (Å²) in [4.78, 5) is 66.2. The van der Waals surface area contributed by atoms with Gasteiger partial charge < -0.3 is 23.4 Å². The average Bonchev–Trinajstić information content (AvgIpc) is 3.25. The Morgan fingerprint density at radius 1 is 1.00 bits per heavy atom. The molecule has 1 saturated heterocycles. The second-order valence-electron chi connectivity index (χ2n) is 11.2. The van der Waals surface area contributed by atoms with E-state index in [1.807, 2.05) is 33.9 Å². The van der Waals surface area contributed by atoms with E-state index in [1.54, 1.807) is 0 Å². The Morgan fingerprint density at radius 3 is 2.06 bits per heavy atom. The number of carbonyl (C=O) groups excluding carboxylic acids is 5. The predicted molar refractivity (Wildman–Crippen MR) is 123 cm³/mol. The van der Waals surface area contributed by atoms with Gasteiger partial charge in [-0.2, -0.15) is 0 Å². The van der Waals surface area contributed by atoms with Gasteiger partial charge in [-0.3, -0.25) is 24.0 Å². The molecule has 35 heavy (non-hydrogen) atoms. The van der Waals surface area contributed by atoms with E-state index in [9.17, 15) is 24.0 Å². The maximum absolute atomic E-state index is 13.7. The molecule has 3 fully saturated rings. The lowest BCUT2D eigenvalue weighted by atomic mass is 9.65. The number of hydrogen-bond acceptors (Lipinski definition) is 10. The molecule has 0 aromatic carbocycles. The molecule has 11 heteroatoms. The molecule has 0 unspecified atom stereocenters. The molecule has 10 nitrogen and oxygen atoms in total. The lowest BCUT2D eigenvalue weighted by Gasteiger charge is -2.44. The Bertz CT molecular complexity index is 906. The van der Waals surface area contributed by atoms with Crippen molar-refractivity contribution in [3.8, 4) is 0 Å². The van der Waals surface area contributed by atoms with Crippen LogP contribution in [0.3, 0.4) is 0 Å². The van der Waals surface area contributed by atoms with Gasteiger partial charge in [-0.15, -0.1) is 0 Å². The number of methoxy groups -OCH3 is 3. The molecule has 0 aromatic heterocycles. The number of hydrogen-bond donors (Lipinski definition) is 0. The number of rotatable bonds is 6. The molecular weight excluding hydrogens is 476 g/mol. The molecule has 1 aliphatic heterocycles. The van der Waals surface area contributed by atoms with Crippen LogP contribution in [0.15, 0.2) is 0 Å². The molecule has 1 heterocycles. The molecule has 3 rings (SSSR count). The minimum absolute atomic E-state index is 0.256. The summed E-state index contributed by atoms with van der Waals surface area (Å²) in [5.74, 6) is -8.26. The fraction of sp³-hybridized carbons (Fsp3) is 0.792. The third-order valence-corrected chi connectivity index (χ3v) is 13.0. The van der Waals surface area contributed by atoms with Gasteiger partial charge >= 0.3 is 23.9 Å². The van der Waals surface area contributed by atoms with Crippen LogP contribution < -0.4 is 0 Å². The maximum atomic E-state index is 13.7. The highest BCUT2D eigenvalue weighted by Crippen LogP contribution is 2.61. The van der Waals surface area contributed by atoms with Crippen molar-refractivity contribution in [2.45, 2.75) is 70.4 Å². The van der Waals surface area contributed by atoms with E-state index >= 15 is 0 Å². The first-order valence-corrected chi connectivity index (χ1v) is 14.7. The summed E-state index contributed by atoms with van der Waals surface area (Å²) in [6.07, 6.45) is -1.59. The van der Waals surface area contributed by atoms with Crippen molar-refractivity contribution in [2.24, 2.45) is 29.1 Å². The quantitative estimate of drug-likeness (QED) is 0.225. The highest BCUT2D eigenvalue weighted by molar-refractivity contribution is 6.74. The maximum Gasteiger partial charge on any atom is 0.320 e. The van der Waals surface area contributed by atoms with Gasteiger partial charge in [-0.25, -0.2) is 0 Å². The van der Waals surface area contributed by atoms with Crippen LogP contribution in [0.4, 0.5) is 0 Å². The normalized spacial score (nSPS) is 32.5. The number of Topliss-reactive ketones (excluding diaryl/α,β-unsaturated/α-hetero) is 1. The van der Waals surface area contributed by atoms with E-state index < -0.39 is 73.5 Å². The second-order valence-corrected chi connectivity index (χ2v) is 15.9. The van der Waals surface area contributed by atoms with Crippen LogP contribution in [0.25, 0.3) is 0 Å². The molecule has 6 atom stereocenters. The zero-order chi connectivity index (χ0) is 26.5. The van der Waals surface area contributed by atoms with E-state index in [4.69, 9.17) is 23.4 Å². The molecule has 3 aliphatic rings. The first-order valence-electron chi connectivity index (χ1n) is 11.8. The van der Waals surface area contributed by atoms with Crippen molar-refractivity contribution in [1.82, 2.24) is 0 Å². The minimum Gasteiger partial charge on any atom is -0.468 e. The van der Waals surface area contributed by atoms with Gasteiger partial charge in [-0.05, 0) is 31.0 Å². The van der Waals surface area contributed by atoms with Crippen molar-refractivity contribution in [2.75, 3.05) is 21.3 Å². The number of ether oxygens (including phenoxy) is 4. The van der Waals surface area contributed by atoms with Crippen LogP contribution in [-0.4, -0.2) is 71.5 Å². The van der Waals surface area contributed by atoms with Crippen LogP contribution in [-0.2, 0) is 47.3 Å². The molecule has 0 bridgehead atoms. The molecule has 2 saturated carbocycles. The van der Waals surface area contributed by atoms with Gasteiger partial charge in [0, 0.05) is 18.3 Å². The van der Waals surface area contributed by atoms with Crippen molar-refractivity contribution in [3.05, 3.63) is 0 Å². The molecule has 0 N–H and O–H groups in total. The lowest BCUT2D eigenvalue weighted by Crippen LogP contribution is -2.56. The van der Waals surface area contributed by atoms with Gasteiger partial charge in [0.25, 0.3) is 0 Å². The molecule has 0 amide bonds. The van der Waals surface area contributed by atoms with Crippen LogP contribution in [0.1, 0.15) is 40.0 Å². The number of carbonyl (C=O) groups is 5. The van der Waals surface area contributed by atoms with Crippen molar-refractivity contribution in [1.29, 1.82) is 0 Å². The van der Waals surface area contributed by atoms with Gasteiger partial charge in [0.05, 0.1) is 27.4 Å². The van der Waals surface area contributed by atoms with Gasteiger partial charge in [0.15, 0.2) is 14.2 Å². The Balaban J connectivity index is 2.30. The van der Waals surface area contributed by atoms with Crippen LogP contribution in [0.5, 0.6) is 0 Å². The smallest absolute Gasteiger partial charge is 0.320 e. The van der Waals surface area contributed by atoms with Crippen molar-refractivity contribution in [3.63, 3.8) is 0 Å². The van der Waals surface area contributed by atoms with Crippen molar-refractivity contribution < 1.29 is 47.3 Å². The van der Waals surface area contributed by atoms with Crippen LogP contribution >= 0.6 is 0 Å². The Hall–Kier alpha value is -2.27. The van der Waals surface area contributed by atoms with E-state index in [1.165, 1.54) is 7.11 Å². The molecule has 2 aliphatic carbocycles. The van der Waals surface area contributed by atoms with Crippen molar-refractivity contribution >= 4 is 38.0 Å². The minimum atomic E-state index is -2.68. The average molecular weight is 513 g/mol. The number of esters is 4. The van der Waals surface area contributed by atoms with E-state index in [0.717, 1.165) is 14.2 Å². The predicted octanol–water partition coefficient (Wildman–Crippen LogP) is 2.04. The zero-order valence-corrected chi connectivity index (χ0v) is 22.7. The van der Waals surface area contributed by atoms with Gasteiger partial charge in [-0.1, -0.05) is 20.8 Å². The Labute approximate surface area is 206 Å². The monoisotopic (exact) mass is 512 g/mol. The third kappa shape index (κ3) is 4.10. The second kappa shape index (κ2) is 9.31. The first kappa shape index (κ1) is 27.3. The summed E-state index contributed by atoms with van der Waals surface area (Å²) in [5.41, 5.74) is -1.58. The van der Waals surface area contributed by atoms with E-state index in [-0.39, 0.29) is 17.2 Å². The summed E-state index contributed by atoms with van der Waals surface area (Å²) in [5, 5.41) is -0.324. The van der Waals surface area contributed by atoms with Gasteiger partial charge in [0.1, 0.15) is 23.2 Å². The summed E-state index contributed by atoms with van der Waals surface area (Å²) >= 11 is 0. The largest absolute Gasteiger partial charge is 0.468 e. The fourth-order valence-corrected chi connectivity index (χ4v) is 7.18. The highest BCUT2D eigenvalue weighted by Gasteiger charge is 2.75. The van der Waals surface area contributed by atoms with E-state index in [0.29, 0.717) is 12.8 Å². The van der Waals surface area contributed by atoms with E-state index in [2.05, 4.69) is 0 Å². The highest BCUT2D eigenvalue weighted by atomic mass is 28.4. The molecule has 0 aromatic rings. The third-order valence-electron chi connectivity index (χ3n) is 8.54. The summed E-state index contributed by atoms with van der Waals surface area (Å²) in [6, 6.07) is 0. The van der Waals surface area contributed by atoms with Gasteiger partial charge in [0.2, 0.25) is 0 Å².